The lowest BCUT2D eigenvalue weighted by Crippen LogP contribution is -2.39. The highest BCUT2D eigenvalue weighted by molar-refractivity contribution is 9.10. The number of nitrogens with one attached hydrogen (secondary N) is 2. The van der Waals surface area contributed by atoms with Crippen LogP contribution in [-0.2, 0) is 11.3 Å². The van der Waals surface area contributed by atoms with Gasteiger partial charge in [0.2, 0.25) is 5.91 Å². The number of carbonyl (C=O) groups excluding carboxylic acids is 2. The van der Waals surface area contributed by atoms with Gasteiger partial charge in [-0.3, -0.25) is 14.5 Å². The Hall–Kier alpha value is -1.77. The molecule has 0 bridgehead atoms. The molecule has 2 heterocycles. The van der Waals surface area contributed by atoms with Crippen molar-refractivity contribution in [3.05, 3.63) is 56.4 Å². The summed E-state index contributed by atoms with van der Waals surface area (Å²) >= 11 is 5.02. The van der Waals surface area contributed by atoms with Gasteiger partial charge in [0, 0.05) is 35.4 Å². The molecule has 2 amide bonds. The summed E-state index contributed by atoms with van der Waals surface area (Å²) in [4.78, 5) is 28.0. The van der Waals surface area contributed by atoms with Crippen LogP contribution in [0.4, 0.5) is 4.39 Å². The van der Waals surface area contributed by atoms with E-state index in [1.165, 1.54) is 23.1 Å². The molecule has 0 aliphatic carbocycles. The second-order valence-corrected chi connectivity index (χ2v) is 9.12. The molecule has 1 saturated heterocycles. The topological polar surface area (TPSA) is 61.4 Å². The minimum absolute atomic E-state index is 0.0791. The molecule has 0 saturated carbocycles. The van der Waals surface area contributed by atoms with E-state index in [0.717, 1.165) is 32.5 Å². The molecule has 1 aliphatic heterocycles. The van der Waals surface area contributed by atoms with Gasteiger partial charge in [0.1, 0.15) is 5.82 Å². The summed E-state index contributed by atoms with van der Waals surface area (Å²) in [5, 5.41) is 7.74. The molecule has 1 aromatic heterocycles. The fourth-order valence-corrected chi connectivity index (χ4v) is 4.55. The van der Waals surface area contributed by atoms with Gasteiger partial charge in [-0.2, -0.15) is 0 Å². The Morgan fingerprint density at radius 1 is 1.21 bits per heavy atom. The molecule has 3 rings (SSSR count). The average Bonchev–Trinajstić information content (AvgIpc) is 3.22. The van der Waals surface area contributed by atoms with Crippen LogP contribution in [0.15, 0.2) is 40.2 Å². The molecule has 1 aromatic carbocycles. The smallest absolute Gasteiger partial charge is 0.252 e. The number of benzene rings is 1. The molecule has 1 fully saturated rings. The molecular weight excluding hydrogens is 457 g/mol. The molecular formula is C21H25BrFN3O2S. The van der Waals surface area contributed by atoms with Gasteiger partial charge >= 0.3 is 0 Å². The number of hydrogen-bond donors (Lipinski definition) is 2. The maximum absolute atomic E-state index is 13.3. The lowest BCUT2D eigenvalue weighted by atomic mass is 9.96. The number of piperidine rings is 1. The number of likely N-dealkylation sites (tertiary alicyclic amines) is 1. The van der Waals surface area contributed by atoms with E-state index in [1.807, 2.05) is 0 Å². The van der Waals surface area contributed by atoms with E-state index in [9.17, 15) is 14.0 Å². The normalized spacial score (nSPS) is 15.2. The Morgan fingerprint density at radius 3 is 2.72 bits per heavy atom. The van der Waals surface area contributed by atoms with Crippen molar-refractivity contribution in [3.8, 4) is 0 Å². The van der Waals surface area contributed by atoms with Crippen LogP contribution in [0.3, 0.4) is 0 Å². The summed E-state index contributed by atoms with van der Waals surface area (Å²) in [7, 11) is 0. The van der Waals surface area contributed by atoms with E-state index >= 15 is 0 Å². The molecule has 0 atom stereocenters. The van der Waals surface area contributed by atoms with Gasteiger partial charge in [-0.05, 0) is 77.4 Å². The highest BCUT2D eigenvalue weighted by Gasteiger charge is 2.20. The first kappa shape index (κ1) is 21.9. The number of amides is 2. The monoisotopic (exact) mass is 481 g/mol. The first-order valence-corrected chi connectivity index (χ1v) is 11.4. The summed E-state index contributed by atoms with van der Waals surface area (Å²) in [6.07, 6.45) is 2.36. The standard InChI is InChI=1S/C21H25BrFN3O2S/c22-19-4-3-16(23)12-18(19)21(28)24-8-5-20(27)25-13-15-6-9-26(10-7-15)14-17-2-1-11-29-17/h1-4,11-12,15H,5-10,13-14H2,(H,24,28)(H,25,27). The van der Waals surface area contributed by atoms with Crippen LogP contribution in [-0.4, -0.2) is 42.9 Å². The summed E-state index contributed by atoms with van der Waals surface area (Å²) in [6, 6.07) is 8.19. The number of rotatable bonds is 8. The van der Waals surface area contributed by atoms with Crippen molar-refractivity contribution in [1.29, 1.82) is 0 Å². The first-order chi connectivity index (χ1) is 14.0. The molecule has 2 N–H and O–H groups in total. The van der Waals surface area contributed by atoms with E-state index in [2.05, 4.69) is 49.0 Å². The van der Waals surface area contributed by atoms with E-state index < -0.39 is 11.7 Å². The van der Waals surface area contributed by atoms with Crippen LogP contribution < -0.4 is 10.6 Å². The minimum atomic E-state index is -0.475. The lowest BCUT2D eigenvalue weighted by Gasteiger charge is -2.31. The van der Waals surface area contributed by atoms with Crippen molar-refractivity contribution < 1.29 is 14.0 Å². The number of hydrogen-bond acceptors (Lipinski definition) is 4. The molecule has 156 valence electrons. The van der Waals surface area contributed by atoms with Gasteiger partial charge in [-0.1, -0.05) is 6.07 Å². The van der Waals surface area contributed by atoms with Crippen LogP contribution in [0.25, 0.3) is 0 Å². The van der Waals surface area contributed by atoms with Crippen molar-refractivity contribution in [2.24, 2.45) is 5.92 Å². The summed E-state index contributed by atoms with van der Waals surface area (Å²) in [5.41, 5.74) is 0.222. The fourth-order valence-electron chi connectivity index (χ4n) is 3.37. The van der Waals surface area contributed by atoms with Crippen molar-refractivity contribution >= 4 is 39.1 Å². The average molecular weight is 482 g/mol. The molecule has 0 spiro atoms. The maximum atomic E-state index is 13.3. The van der Waals surface area contributed by atoms with E-state index in [4.69, 9.17) is 0 Å². The third kappa shape index (κ3) is 6.90. The second kappa shape index (κ2) is 10.8. The fraction of sp³-hybridized carbons (Fsp3) is 0.429. The molecule has 0 radical (unpaired) electrons. The number of carbonyl (C=O) groups is 2. The molecule has 5 nitrogen and oxygen atoms in total. The van der Waals surface area contributed by atoms with Gasteiger partial charge in [0.15, 0.2) is 0 Å². The molecule has 0 unspecified atom stereocenters. The van der Waals surface area contributed by atoms with Gasteiger partial charge in [0.25, 0.3) is 5.91 Å². The second-order valence-electron chi connectivity index (χ2n) is 7.23. The van der Waals surface area contributed by atoms with Crippen LogP contribution >= 0.6 is 27.3 Å². The van der Waals surface area contributed by atoms with Crippen LogP contribution in [0.1, 0.15) is 34.5 Å². The summed E-state index contributed by atoms with van der Waals surface area (Å²) < 4.78 is 13.8. The number of thiophene rings is 1. The quantitative estimate of drug-likeness (QED) is 0.602. The zero-order chi connectivity index (χ0) is 20.6. The van der Waals surface area contributed by atoms with E-state index in [0.29, 0.717) is 16.9 Å². The predicted octanol–water partition coefficient (Wildman–Crippen LogP) is 3.80. The number of halogens is 2. The molecule has 1 aliphatic rings. The third-order valence-corrected chi connectivity index (χ3v) is 6.62. The summed E-state index contributed by atoms with van der Waals surface area (Å²) in [5.74, 6) is -0.458. The molecule has 2 aromatic rings. The zero-order valence-electron chi connectivity index (χ0n) is 16.1. The van der Waals surface area contributed by atoms with Crippen molar-refractivity contribution in [2.45, 2.75) is 25.8 Å². The highest BCUT2D eigenvalue weighted by Crippen LogP contribution is 2.20. The predicted molar refractivity (Wildman–Crippen MR) is 116 cm³/mol. The molecule has 8 heteroatoms. The maximum Gasteiger partial charge on any atom is 0.252 e. The van der Waals surface area contributed by atoms with Crippen LogP contribution in [0.2, 0.25) is 0 Å². The first-order valence-electron chi connectivity index (χ1n) is 9.76. The van der Waals surface area contributed by atoms with Gasteiger partial charge in [-0.15, -0.1) is 11.3 Å². The Balaban J connectivity index is 1.30. The Morgan fingerprint density at radius 2 is 2.00 bits per heavy atom. The van der Waals surface area contributed by atoms with Crippen LogP contribution in [0.5, 0.6) is 0 Å². The van der Waals surface area contributed by atoms with E-state index in [1.54, 1.807) is 11.3 Å². The Bertz CT molecular complexity index is 823. The number of nitrogens with zero attached hydrogens (tertiary/aromatic N) is 1. The van der Waals surface area contributed by atoms with E-state index in [-0.39, 0.29) is 24.4 Å². The van der Waals surface area contributed by atoms with Crippen molar-refractivity contribution in [1.82, 2.24) is 15.5 Å². The molecule has 29 heavy (non-hydrogen) atoms. The van der Waals surface area contributed by atoms with Crippen LogP contribution in [0, 0.1) is 11.7 Å². The third-order valence-electron chi connectivity index (χ3n) is 5.07. The van der Waals surface area contributed by atoms with Crippen molar-refractivity contribution in [3.63, 3.8) is 0 Å². The van der Waals surface area contributed by atoms with Gasteiger partial charge in [0.05, 0.1) is 5.56 Å². The SMILES string of the molecule is O=C(CCNC(=O)c1cc(F)ccc1Br)NCC1CCN(Cc2cccs2)CC1. The Kier molecular flexibility index (Phi) is 8.20. The zero-order valence-corrected chi connectivity index (χ0v) is 18.5. The largest absolute Gasteiger partial charge is 0.356 e. The highest BCUT2D eigenvalue weighted by atomic mass is 79.9. The van der Waals surface area contributed by atoms with Crippen molar-refractivity contribution in [2.75, 3.05) is 26.2 Å². The minimum Gasteiger partial charge on any atom is -0.356 e. The van der Waals surface area contributed by atoms with Gasteiger partial charge in [-0.25, -0.2) is 4.39 Å². The summed E-state index contributed by atoms with van der Waals surface area (Å²) in [6.45, 7) is 4.01. The van der Waals surface area contributed by atoms with Gasteiger partial charge < -0.3 is 10.6 Å². The lowest BCUT2D eigenvalue weighted by molar-refractivity contribution is -0.121. The Labute approximate surface area is 182 Å².